The van der Waals surface area contributed by atoms with Crippen molar-refractivity contribution in [2.45, 2.75) is 51.2 Å². The second-order valence-electron chi connectivity index (χ2n) is 5.77. The summed E-state index contributed by atoms with van der Waals surface area (Å²) >= 11 is 0. The third-order valence-corrected chi connectivity index (χ3v) is 3.63. The van der Waals surface area contributed by atoms with Crippen molar-refractivity contribution in [2.75, 3.05) is 20.6 Å². The maximum atomic E-state index is 4.68. The Morgan fingerprint density at radius 1 is 1.44 bits per heavy atom. The van der Waals surface area contributed by atoms with Crippen molar-refractivity contribution in [3.05, 3.63) is 18.0 Å². The molecule has 0 amide bonds. The van der Waals surface area contributed by atoms with Gasteiger partial charge in [-0.25, -0.2) is 0 Å². The summed E-state index contributed by atoms with van der Waals surface area (Å²) in [4.78, 5) is 2.20. The Hall–Kier alpha value is -0.870. The van der Waals surface area contributed by atoms with Crippen molar-refractivity contribution in [3.63, 3.8) is 0 Å². The van der Waals surface area contributed by atoms with Gasteiger partial charge in [0, 0.05) is 25.3 Å². The van der Waals surface area contributed by atoms with E-state index in [9.17, 15) is 0 Å². The maximum Gasteiger partial charge on any atom is 0.0762 e. The number of nitrogens with one attached hydrogen (secondary N) is 1. The van der Waals surface area contributed by atoms with Crippen LogP contribution in [-0.2, 0) is 6.54 Å². The molecular formula is C14H26N4. The predicted molar refractivity (Wildman–Crippen MR) is 74.6 cm³/mol. The minimum atomic E-state index is 0.497. The Balaban J connectivity index is 1.79. The Labute approximate surface area is 110 Å². The average molecular weight is 250 g/mol. The lowest BCUT2D eigenvalue weighted by atomic mass is 10.3. The van der Waals surface area contributed by atoms with Crippen molar-refractivity contribution < 1.29 is 0 Å². The molecule has 1 atom stereocenters. The first-order valence-electron chi connectivity index (χ1n) is 7.07. The van der Waals surface area contributed by atoms with Gasteiger partial charge in [-0.1, -0.05) is 12.8 Å². The van der Waals surface area contributed by atoms with Crippen molar-refractivity contribution in [1.29, 1.82) is 0 Å². The summed E-state index contributed by atoms with van der Waals surface area (Å²) in [6.45, 7) is 4.14. The molecule has 0 bridgehead atoms. The molecule has 0 spiro atoms. The average Bonchev–Trinajstić information content (AvgIpc) is 2.96. The number of likely N-dealkylation sites (N-methyl/N-ethyl adjacent to an activating group) is 1. The Morgan fingerprint density at radius 2 is 2.17 bits per heavy atom. The lowest BCUT2D eigenvalue weighted by Gasteiger charge is -2.17. The fraction of sp³-hybridized carbons (Fsp3) is 0.786. The van der Waals surface area contributed by atoms with Gasteiger partial charge in [-0.15, -0.1) is 0 Å². The van der Waals surface area contributed by atoms with Crippen LogP contribution < -0.4 is 5.32 Å². The van der Waals surface area contributed by atoms with E-state index in [1.165, 1.54) is 25.7 Å². The zero-order valence-electron chi connectivity index (χ0n) is 11.9. The third-order valence-electron chi connectivity index (χ3n) is 3.63. The number of nitrogens with zero attached hydrogens (tertiary/aromatic N) is 3. The van der Waals surface area contributed by atoms with E-state index in [1.54, 1.807) is 0 Å². The predicted octanol–water partition coefficient (Wildman–Crippen LogP) is 2.04. The van der Waals surface area contributed by atoms with Crippen LogP contribution in [-0.4, -0.2) is 41.4 Å². The molecule has 0 aliphatic heterocycles. The fourth-order valence-corrected chi connectivity index (χ4v) is 2.73. The van der Waals surface area contributed by atoms with E-state index in [-0.39, 0.29) is 0 Å². The molecule has 1 aromatic heterocycles. The van der Waals surface area contributed by atoms with Gasteiger partial charge in [0.15, 0.2) is 0 Å². The van der Waals surface area contributed by atoms with E-state index in [0.717, 1.165) is 18.8 Å². The maximum absolute atomic E-state index is 4.68. The molecule has 1 aliphatic carbocycles. The number of rotatable bonds is 6. The Morgan fingerprint density at radius 3 is 2.83 bits per heavy atom. The Kier molecular flexibility index (Phi) is 4.78. The molecule has 1 unspecified atom stereocenters. The molecule has 2 rings (SSSR count). The molecule has 0 aromatic carbocycles. The SMILES string of the molecule is CC(CN(C)C)NCc1ccn(C2CCCC2)n1. The zero-order valence-corrected chi connectivity index (χ0v) is 11.9. The van der Waals surface area contributed by atoms with Gasteiger partial charge in [-0.2, -0.15) is 5.10 Å². The van der Waals surface area contributed by atoms with Gasteiger partial charge in [0.1, 0.15) is 0 Å². The second-order valence-corrected chi connectivity index (χ2v) is 5.77. The highest BCUT2D eigenvalue weighted by molar-refractivity contribution is 5.00. The smallest absolute Gasteiger partial charge is 0.0762 e. The third kappa shape index (κ3) is 3.82. The minimum Gasteiger partial charge on any atom is -0.308 e. The van der Waals surface area contributed by atoms with Crippen molar-refractivity contribution >= 4 is 0 Å². The van der Waals surface area contributed by atoms with Crippen molar-refractivity contribution in [1.82, 2.24) is 20.0 Å². The van der Waals surface area contributed by atoms with Crippen LogP contribution >= 0.6 is 0 Å². The topological polar surface area (TPSA) is 33.1 Å². The van der Waals surface area contributed by atoms with Crippen molar-refractivity contribution in [3.8, 4) is 0 Å². The zero-order chi connectivity index (χ0) is 13.0. The molecule has 0 radical (unpaired) electrons. The van der Waals surface area contributed by atoms with Gasteiger partial charge >= 0.3 is 0 Å². The first kappa shape index (κ1) is 13.6. The molecule has 102 valence electrons. The van der Waals surface area contributed by atoms with E-state index in [2.05, 4.69) is 53.3 Å². The highest BCUT2D eigenvalue weighted by Gasteiger charge is 2.17. The first-order valence-corrected chi connectivity index (χ1v) is 7.07. The van der Waals surface area contributed by atoms with Crippen molar-refractivity contribution in [2.24, 2.45) is 0 Å². The van der Waals surface area contributed by atoms with E-state index in [0.29, 0.717) is 12.1 Å². The highest BCUT2D eigenvalue weighted by atomic mass is 15.3. The molecule has 4 nitrogen and oxygen atoms in total. The van der Waals surface area contributed by atoms with Crippen LogP contribution in [0.5, 0.6) is 0 Å². The van der Waals surface area contributed by atoms with Crippen LogP contribution in [0.15, 0.2) is 12.3 Å². The van der Waals surface area contributed by atoms with Gasteiger partial charge in [0.25, 0.3) is 0 Å². The van der Waals surface area contributed by atoms with Crippen LogP contribution in [0.25, 0.3) is 0 Å². The molecule has 0 saturated heterocycles. The molecule has 1 aliphatic rings. The summed E-state index contributed by atoms with van der Waals surface area (Å²) in [6, 6.07) is 3.29. The largest absolute Gasteiger partial charge is 0.308 e. The molecule has 1 heterocycles. The summed E-state index contributed by atoms with van der Waals surface area (Å²) in [5.41, 5.74) is 1.16. The van der Waals surface area contributed by atoms with E-state index in [4.69, 9.17) is 0 Å². The van der Waals surface area contributed by atoms with Gasteiger partial charge in [0.2, 0.25) is 0 Å². The normalized spacial score (nSPS) is 18.7. The fourth-order valence-electron chi connectivity index (χ4n) is 2.73. The van der Waals surface area contributed by atoms with Crippen LogP contribution in [0, 0.1) is 0 Å². The van der Waals surface area contributed by atoms with E-state index in [1.807, 2.05) is 0 Å². The highest BCUT2D eigenvalue weighted by Crippen LogP contribution is 2.28. The summed E-state index contributed by atoms with van der Waals surface area (Å²) in [5, 5.41) is 8.20. The number of hydrogen-bond acceptors (Lipinski definition) is 3. The summed E-state index contributed by atoms with van der Waals surface area (Å²) < 4.78 is 2.17. The van der Waals surface area contributed by atoms with E-state index < -0.39 is 0 Å². The molecule has 4 heteroatoms. The summed E-state index contributed by atoms with van der Waals surface area (Å²) in [6.07, 6.45) is 7.46. The lowest BCUT2D eigenvalue weighted by Crippen LogP contribution is -2.35. The molecule has 1 N–H and O–H groups in total. The van der Waals surface area contributed by atoms with Crippen LogP contribution in [0.1, 0.15) is 44.3 Å². The van der Waals surface area contributed by atoms with Crippen LogP contribution in [0.2, 0.25) is 0 Å². The molecule has 1 fully saturated rings. The molecule has 18 heavy (non-hydrogen) atoms. The molecule has 1 saturated carbocycles. The summed E-state index contributed by atoms with van der Waals surface area (Å²) in [7, 11) is 4.21. The monoisotopic (exact) mass is 250 g/mol. The van der Waals surface area contributed by atoms with Gasteiger partial charge in [0.05, 0.1) is 11.7 Å². The van der Waals surface area contributed by atoms with Crippen LogP contribution in [0.3, 0.4) is 0 Å². The van der Waals surface area contributed by atoms with Gasteiger partial charge in [-0.3, -0.25) is 4.68 Å². The number of hydrogen-bond donors (Lipinski definition) is 1. The van der Waals surface area contributed by atoms with E-state index >= 15 is 0 Å². The summed E-state index contributed by atoms with van der Waals surface area (Å²) in [5.74, 6) is 0. The number of aromatic nitrogens is 2. The molecular weight excluding hydrogens is 224 g/mol. The molecule has 1 aromatic rings. The second kappa shape index (κ2) is 6.34. The first-order chi connectivity index (χ1) is 8.65. The quantitative estimate of drug-likeness (QED) is 0.838. The Bertz CT molecular complexity index is 352. The minimum absolute atomic E-state index is 0.497. The standard InChI is InChI=1S/C14H26N4/c1-12(11-17(2)3)15-10-13-8-9-18(16-13)14-6-4-5-7-14/h8-9,12,14-15H,4-7,10-11H2,1-3H3. The lowest BCUT2D eigenvalue weighted by molar-refractivity contribution is 0.347. The van der Waals surface area contributed by atoms with Gasteiger partial charge in [-0.05, 0) is 39.9 Å². The van der Waals surface area contributed by atoms with Gasteiger partial charge < -0.3 is 10.2 Å². The van der Waals surface area contributed by atoms with Crippen LogP contribution in [0.4, 0.5) is 0 Å².